The Labute approximate surface area is 318 Å². The number of benzene rings is 1. The summed E-state index contributed by atoms with van der Waals surface area (Å²) in [7, 11) is -27.6. The van der Waals surface area contributed by atoms with E-state index < -0.39 is 85.1 Å². The highest BCUT2D eigenvalue weighted by Gasteiger charge is 2.63. The largest absolute Gasteiger partial charge is 0.479 e. The summed E-state index contributed by atoms with van der Waals surface area (Å²) in [5.41, 5.74) is 2.01. The Morgan fingerprint density at radius 1 is 0.400 bits per heavy atom. The van der Waals surface area contributed by atoms with Crippen LogP contribution < -0.4 is 0 Å². The highest BCUT2D eigenvalue weighted by Crippen LogP contribution is 2.38. The Morgan fingerprint density at radius 2 is 0.640 bits per heavy atom. The van der Waals surface area contributed by atoms with Crippen LogP contribution in [0.5, 0.6) is 0 Å². The van der Waals surface area contributed by atoms with Crippen LogP contribution in [0, 0.1) is 0 Å². The molecule has 19 heteroatoms. The fourth-order valence-electron chi connectivity index (χ4n) is 5.71. The zero-order valence-corrected chi connectivity index (χ0v) is 45.7. The summed E-state index contributed by atoms with van der Waals surface area (Å²) in [4.78, 5) is 0. The minimum Gasteiger partial charge on any atom is -0.417 e. The molecule has 0 saturated carbocycles. The van der Waals surface area contributed by atoms with E-state index >= 15 is 0 Å². The average Bonchev–Trinajstić information content (AvgIpc) is 2.74. The molecule has 1 aromatic rings. The van der Waals surface area contributed by atoms with Crippen LogP contribution in [0.4, 0.5) is 0 Å². The third-order valence-corrected chi connectivity index (χ3v) is 38.5. The summed E-state index contributed by atoms with van der Waals surface area (Å²) in [5.74, 6) is 0. The van der Waals surface area contributed by atoms with Crippen LogP contribution in [0.15, 0.2) is 36.9 Å². The van der Waals surface area contributed by atoms with Gasteiger partial charge in [-0.15, -0.1) is 0 Å². The lowest BCUT2D eigenvalue weighted by atomic mass is 10.1. The van der Waals surface area contributed by atoms with E-state index in [0.717, 1.165) is 11.1 Å². The standard InChI is InChI=1S/C31H74O9Si10/c1-30(31-26-24-23-25-27-31)28-29-50(38-47(20,32-41(2,3)4)33-42(5,6)7,39-48(21,34-43(8,9)10)35-44(11,12)13)40-49(22,36-45(14,15)16)37-46(17,18)19/h23-27H,1,28-29H2,2-22H3. The lowest BCUT2D eigenvalue weighted by Crippen LogP contribution is -2.71. The van der Waals surface area contributed by atoms with Crippen LogP contribution in [0.1, 0.15) is 12.0 Å². The molecule has 0 aliphatic rings. The minimum atomic E-state index is -3.99. The van der Waals surface area contributed by atoms with Crippen molar-refractivity contribution in [1.29, 1.82) is 0 Å². The van der Waals surface area contributed by atoms with Crippen LogP contribution in [-0.2, 0) is 37.0 Å². The molecule has 0 N–H and O–H groups in total. The van der Waals surface area contributed by atoms with Crippen LogP contribution in [0.25, 0.3) is 5.57 Å². The maximum absolute atomic E-state index is 7.54. The second-order valence-corrected chi connectivity index (χ2v) is 59.1. The smallest absolute Gasteiger partial charge is 0.417 e. The van der Waals surface area contributed by atoms with Gasteiger partial charge in [0.2, 0.25) is 0 Å². The highest BCUT2D eigenvalue weighted by molar-refractivity contribution is 6.95. The van der Waals surface area contributed by atoms with Crippen molar-refractivity contribution in [2.75, 3.05) is 0 Å². The summed E-state index contributed by atoms with van der Waals surface area (Å²) in [5, 5.41) is 0. The number of hydrogen-bond acceptors (Lipinski definition) is 9. The summed E-state index contributed by atoms with van der Waals surface area (Å²) >= 11 is 0. The van der Waals surface area contributed by atoms with Crippen molar-refractivity contribution in [3.05, 3.63) is 42.5 Å². The van der Waals surface area contributed by atoms with Crippen molar-refractivity contribution in [3.63, 3.8) is 0 Å². The van der Waals surface area contributed by atoms with Gasteiger partial charge in [0.15, 0.2) is 49.9 Å². The zero-order valence-electron chi connectivity index (χ0n) is 35.7. The Hall–Kier alpha value is 0.769. The lowest BCUT2D eigenvalue weighted by molar-refractivity contribution is 0.120. The third-order valence-electron chi connectivity index (χ3n) is 5.89. The maximum atomic E-state index is 7.54. The summed E-state index contributed by atoms with van der Waals surface area (Å²) in [6, 6.07) is 10.6. The van der Waals surface area contributed by atoms with Gasteiger partial charge in [0.05, 0.1) is 0 Å². The van der Waals surface area contributed by atoms with Gasteiger partial charge >= 0.3 is 35.2 Å². The first kappa shape index (κ1) is 48.8. The minimum absolute atomic E-state index is 0.396. The van der Waals surface area contributed by atoms with Gasteiger partial charge in [0, 0.05) is 25.7 Å². The quantitative estimate of drug-likeness (QED) is 0.106. The van der Waals surface area contributed by atoms with Crippen LogP contribution >= 0.6 is 0 Å². The molecule has 0 aliphatic heterocycles. The molecule has 0 amide bonds. The van der Waals surface area contributed by atoms with Gasteiger partial charge in [0.25, 0.3) is 0 Å². The number of allylic oxidation sites excluding steroid dienone is 1. The molecule has 1 rings (SSSR count). The first-order valence-corrected chi connectivity index (χ1v) is 47.0. The number of rotatable bonds is 22. The summed E-state index contributed by atoms with van der Waals surface area (Å²) in [6.45, 7) is 49.6. The van der Waals surface area contributed by atoms with Gasteiger partial charge in [-0.1, -0.05) is 36.9 Å². The molecule has 50 heavy (non-hydrogen) atoms. The van der Waals surface area contributed by atoms with Gasteiger partial charge in [-0.05, 0) is 135 Å². The molecule has 0 spiro atoms. The summed E-state index contributed by atoms with van der Waals surface area (Å²) in [6.07, 6.45) is 0.551. The highest BCUT2D eigenvalue weighted by atomic mass is 28.6. The Kier molecular flexibility index (Phi) is 16.9. The van der Waals surface area contributed by atoms with E-state index in [1.54, 1.807) is 0 Å². The van der Waals surface area contributed by atoms with Crippen LogP contribution in [0.2, 0.25) is 144 Å². The van der Waals surface area contributed by atoms with E-state index in [-0.39, 0.29) is 0 Å². The van der Waals surface area contributed by atoms with E-state index in [1.165, 1.54) is 0 Å². The van der Waals surface area contributed by atoms with Crippen molar-refractivity contribution in [1.82, 2.24) is 0 Å². The van der Waals surface area contributed by atoms with Crippen molar-refractivity contribution < 1.29 is 37.0 Å². The lowest BCUT2D eigenvalue weighted by Gasteiger charge is -2.49. The molecule has 0 atom stereocenters. The van der Waals surface area contributed by atoms with Crippen molar-refractivity contribution >= 4 is 90.7 Å². The van der Waals surface area contributed by atoms with Crippen LogP contribution in [-0.4, -0.2) is 85.1 Å². The molecule has 0 radical (unpaired) electrons. The van der Waals surface area contributed by atoms with Crippen molar-refractivity contribution in [3.8, 4) is 0 Å². The predicted molar refractivity (Wildman–Crippen MR) is 235 cm³/mol. The molecule has 0 heterocycles. The average molecular weight is 872 g/mol. The first-order valence-electron chi connectivity index (χ1n) is 17.9. The van der Waals surface area contributed by atoms with Gasteiger partial charge in [-0.3, -0.25) is 0 Å². The van der Waals surface area contributed by atoms with E-state index in [1.807, 2.05) is 37.8 Å². The Balaban J connectivity index is 4.28. The number of hydrogen-bond donors (Lipinski definition) is 0. The molecule has 1 aromatic carbocycles. The SMILES string of the molecule is C=C(CC[Si](O[Si](C)(O[Si](C)(C)C)O[Si](C)(C)C)(O[Si](C)(O[Si](C)(C)C)O[Si](C)(C)C)O[Si](C)(O[Si](C)(C)C)O[Si](C)(C)C)c1ccccc1. The fraction of sp³-hybridized carbons (Fsp3) is 0.742. The van der Waals surface area contributed by atoms with Crippen molar-refractivity contribution in [2.24, 2.45) is 0 Å². The normalized spacial score (nSPS) is 15.1. The molecule has 292 valence electrons. The second-order valence-electron chi connectivity index (χ2n) is 19.3. The molecular formula is C31H74O9Si10. The molecule has 0 fully saturated rings. The van der Waals surface area contributed by atoms with E-state index in [9.17, 15) is 0 Å². The van der Waals surface area contributed by atoms with E-state index in [2.05, 4.69) is 137 Å². The van der Waals surface area contributed by atoms with Gasteiger partial charge in [0.1, 0.15) is 0 Å². The molecule has 0 unspecified atom stereocenters. The molecule has 0 aliphatic carbocycles. The monoisotopic (exact) mass is 870 g/mol. The molecule has 0 aromatic heterocycles. The van der Waals surface area contributed by atoms with Gasteiger partial charge in [-0.2, -0.15) is 0 Å². The Morgan fingerprint density at radius 3 is 0.860 bits per heavy atom. The maximum Gasteiger partial charge on any atom is 0.479 e. The molecule has 0 saturated heterocycles. The zero-order chi connectivity index (χ0) is 39.5. The van der Waals surface area contributed by atoms with Gasteiger partial charge < -0.3 is 37.0 Å². The predicted octanol–water partition coefficient (Wildman–Crippen LogP) is 10.9. The third kappa shape index (κ3) is 21.0. The molecule has 0 bridgehead atoms. The van der Waals surface area contributed by atoms with E-state index in [4.69, 9.17) is 37.0 Å². The van der Waals surface area contributed by atoms with Gasteiger partial charge in [-0.25, -0.2) is 0 Å². The van der Waals surface area contributed by atoms with Crippen molar-refractivity contribution in [2.45, 2.75) is 150 Å². The second kappa shape index (κ2) is 17.3. The topological polar surface area (TPSA) is 83.1 Å². The summed E-state index contributed by atoms with van der Waals surface area (Å²) < 4.78 is 64.6. The molecular weight excluding hydrogens is 797 g/mol. The van der Waals surface area contributed by atoms with Crippen LogP contribution in [0.3, 0.4) is 0 Å². The first-order chi connectivity index (χ1) is 21.9. The fourth-order valence-corrected chi connectivity index (χ4v) is 47.5. The molecule has 9 nitrogen and oxygen atoms in total. The van der Waals surface area contributed by atoms with E-state index in [0.29, 0.717) is 12.5 Å². The Bertz CT molecular complexity index is 1070.